The van der Waals surface area contributed by atoms with E-state index < -0.39 is 0 Å². The molecule has 1 aromatic rings. The number of carbonyl (C=O) groups is 1. The average Bonchev–Trinajstić information content (AvgIpc) is 2.25. The van der Waals surface area contributed by atoms with Crippen molar-refractivity contribution in [2.75, 3.05) is 14.2 Å². The summed E-state index contributed by atoms with van der Waals surface area (Å²) < 4.78 is 10.3. The number of benzene rings is 1. The van der Waals surface area contributed by atoms with Crippen LogP contribution >= 0.6 is 0 Å². The van der Waals surface area contributed by atoms with Crippen molar-refractivity contribution in [3.8, 4) is 11.5 Å². The fourth-order valence-corrected chi connectivity index (χ4v) is 1.39. The number of hydrogen-bond donors (Lipinski definition) is 0. The maximum Gasteiger partial charge on any atom is 0.130 e. The number of Topliss-reactive ketones (excluding diaryl/α,β-unsaturated/α-hetero) is 1. The lowest BCUT2D eigenvalue weighted by Crippen LogP contribution is -1.97. The normalized spacial score (nSPS) is 9.80. The topological polar surface area (TPSA) is 35.5 Å². The summed E-state index contributed by atoms with van der Waals surface area (Å²) in [4.78, 5) is 10.9. The van der Waals surface area contributed by atoms with Gasteiger partial charge in [0.25, 0.3) is 0 Å². The number of ketones is 1. The van der Waals surface area contributed by atoms with Crippen molar-refractivity contribution < 1.29 is 14.3 Å². The van der Waals surface area contributed by atoms with Gasteiger partial charge in [-0.2, -0.15) is 0 Å². The molecule has 1 aromatic carbocycles. The van der Waals surface area contributed by atoms with Gasteiger partial charge in [0.15, 0.2) is 0 Å². The minimum absolute atomic E-state index is 0.180. The van der Waals surface area contributed by atoms with Crippen molar-refractivity contribution in [1.82, 2.24) is 0 Å². The predicted octanol–water partition coefficient (Wildman–Crippen LogP) is 2.23. The van der Waals surface area contributed by atoms with Gasteiger partial charge in [-0.15, -0.1) is 0 Å². The Morgan fingerprint density at radius 2 is 2.00 bits per heavy atom. The fourth-order valence-electron chi connectivity index (χ4n) is 1.39. The number of ether oxygens (including phenoxy) is 2. The first kappa shape index (κ1) is 11.6. The number of hydrogen-bond acceptors (Lipinski definition) is 3. The van der Waals surface area contributed by atoms with Crippen LogP contribution in [0.1, 0.15) is 18.9 Å². The van der Waals surface area contributed by atoms with Gasteiger partial charge in [-0.05, 0) is 37.1 Å². The molecule has 0 bridgehead atoms. The second-order valence-electron chi connectivity index (χ2n) is 3.38. The van der Waals surface area contributed by atoms with Crippen molar-refractivity contribution in [2.24, 2.45) is 0 Å². The molecular weight excluding hydrogens is 192 g/mol. The molecule has 0 spiro atoms. The third-order valence-electron chi connectivity index (χ3n) is 2.23. The minimum atomic E-state index is 0.180. The van der Waals surface area contributed by atoms with Gasteiger partial charge in [-0.3, -0.25) is 0 Å². The molecule has 0 radical (unpaired) electrons. The zero-order valence-corrected chi connectivity index (χ0v) is 9.37. The molecule has 0 saturated carbocycles. The summed E-state index contributed by atoms with van der Waals surface area (Å²) in [5.41, 5.74) is 1.01. The van der Waals surface area contributed by atoms with E-state index in [1.165, 1.54) is 0 Å². The van der Waals surface area contributed by atoms with E-state index in [9.17, 15) is 4.79 Å². The van der Waals surface area contributed by atoms with Crippen LogP contribution in [0.3, 0.4) is 0 Å². The molecule has 15 heavy (non-hydrogen) atoms. The molecule has 0 fully saturated rings. The molecule has 0 atom stereocenters. The highest BCUT2D eigenvalue weighted by atomic mass is 16.5. The molecule has 0 unspecified atom stereocenters. The maximum atomic E-state index is 10.9. The average molecular weight is 208 g/mol. The monoisotopic (exact) mass is 208 g/mol. The smallest absolute Gasteiger partial charge is 0.130 e. The van der Waals surface area contributed by atoms with Gasteiger partial charge in [0.2, 0.25) is 0 Å². The Labute approximate surface area is 90.0 Å². The van der Waals surface area contributed by atoms with Gasteiger partial charge in [-0.25, -0.2) is 0 Å². The first-order valence-electron chi connectivity index (χ1n) is 4.87. The van der Waals surface area contributed by atoms with Crippen LogP contribution in [0.2, 0.25) is 0 Å². The van der Waals surface area contributed by atoms with Crippen LogP contribution < -0.4 is 9.47 Å². The molecule has 0 aliphatic rings. The third-order valence-corrected chi connectivity index (χ3v) is 2.23. The second kappa shape index (κ2) is 5.39. The second-order valence-corrected chi connectivity index (χ2v) is 3.38. The zero-order valence-electron chi connectivity index (χ0n) is 9.37. The van der Waals surface area contributed by atoms with Gasteiger partial charge < -0.3 is 14.3 Å². The summed E-state index contributed by atoms with van der Waals surface area (Å²) in [6, 6.07) is 5.60. The van der Waals surface area contributed by atoms with Crippen molar-refractivity contribution >= 4 is 5.78 Å². The standard InChI is InChI=1S/C12H16O3/c1-9(13)4-5-10-8-11(14-2)6-7-12(10)15-3/h6-8H,4-5H2,1-3H3. The van der Waals surface area contributed by atoms with Crippen LogP contribution in [0.4, 0.5) is 0 Å². The number of methoxy groups -OCH3 is 2. The van der Waals surface area contributed by atoms with E-state index in [1.54, 1.807) is 21.1 Å². The molecule has 0 amide bonds. The molecule has 3 nitrogen and oxygen atoms in total. The predicted molar refractivity (Wildman–Crippen MR) is 58.5 cm³/mol. The van der Waals surface area contributed by atoms with Gasteiger partial charge in [0.1, 0.15) is 17.3 Å². The Morgan fingerprint density at radius 3 is 2.53 bits per heavy atom. The number of rotatable bonds is 5. The molecule has 0 aliphatic carbocycles. The van der Waals surface area contributed by atoms with Crippen LogP contribution in [-0.2, 0) is 11.2 Å². The highest BCUT2D eigenvalue weighted by Crippen LogP contribution is 2.24. The highest BCUT2D eigenvalue weighted by Gasteiger charge is 2.05. The summed E-state index contributed by atoms with van der Waals surface area (Å²) >= 11 is 0. The Balaban J connectivity index is 2.85. The van der Waals surface area contributed by atoms with E-state index in [2.05, 4.69) is 0 Å². The maximum absolute atomic E-state index is 10.9. The Hall–Kier alpha value is -1.51. The van der Waals surface area contributed by atoms with Crippen LogP contribution in [0.25, 0.3) is 0 Å². The summed E-state index contributed by atoms with van der Waals surface area (Å²) in [6.45, 7) is 1.59. The van der Waals surface area contributed by atoms with Crippen molar-refractivity contribution in [3.05, 3.63) is 23.8 Å². The van der Waals surface area contributed by atoms with Crippen molar-refractivity contribution in [3.63, 3.8) is 0 Å². The van der Waals surface area contributed by atoms with Crippen LogP contribution in [-0.4, -0.2) is 20.0 Å². The van der Waals surface area contributed by atoms with E-state index in [0.717, 1.165) is 17.1 Å². The third kappa shape index (κ3) is 3.27. The number of carbonyl (C=O) groups excluding carboxylic acids is 1. The molecule has 1 rings (SSSR count). The lowest BCUT2D eigenvalue weighted by atomic mass is 10.1. The zero-order chi connectivity index (χ0) is 11.3. The molecule has 3 heteroatoms. The van der Waals surface area contributed by atoms with Crippen LogP contribution in [0, 0.1) is 0 Å². The van der Waals surface area contributed by atoms with E-state index in [4.69, 9.17) is 9.47 Å². The first-order valence-corrected chi connectivity index (χ1v) is 4.87. The lowest BCUT2D eigenvalue weighted by molar-refractivity contribution is -0.116. The van der Waals surface area contributed by atoms with Crippen molar-refractivity contribution in [2.45, 2.75) is 19.8 Å². The quantitative estimate of drug-likeness (QED) is 0.744. The van der Waals surface area contributed by atoms with Gasteiger partial charge in [0.05, 0.1) is 14.2 Å². The summed E-state index contributed by atoms with van der Waals surface area (Å²) in [7, 11) is 3.25. The number of aryl methyl sites for hydroxylation is 1. The summed E-state index contributed by atoms with van der Waals surface area (Å²) in [5, 5.41) is 0. The summed E-state index contributed by atoms with van der Waals surface area (Å²) in [5.74, 6) is 1.77. The van der Waals surface area contributed by atoms with Crippen molar-refractivity contribution in [1.29, 1.82) is 0 Å². The van der Waals surface area contributed by atoms with Crippen LogP contribution in [0.15, 0.2) is 18.2 Å². The lowest BCUT2D eigenvalue weighted by Gasteiger charge is -2.09. The SMILES string of the molecule is COc1ccc(OC)c(CCC(C)=O)c1. The molecule has 0 N–H and O–H groups in total. The molecular formula is C12H16O3. The van der Waals surface area contributed by atoms with E-state index in [1.807, 2.05) is 18.2 Å². The minimum Gasteiger partial charge on any atom is -0.497 e. The summed E-state index contributed by atoms with van der Waals surface area (Å²) in [6.07, 6.45) is 1.22. The van der Waals surface area contributed by atoms with E-state index >= 15 is 0 Å². The Kier molecular flexibility index (Phi) is 4.16. The molecule has 0 heterocycles. The van der Waals surface area contributed by atoms with Crippen LogP contribution in [0.5, 0.6) is 11.5 Å². The first-order chi connectivity index (χ1) is 7.17. The van der Waals surface area contributed by atoms with Gasteiger partial charge in [0, 0.05) is 6.42 Å². The molecule has 0 aromatic heterocycles. The highest BCUT2D eigenvalue weighted by molar-refractivity contribution is 5.75. The molecule has 0 saturated heterocycles. The largest absolute Gasteiger partial charge is 0.497 e. The Morgan fingerprint density at radius 1 is 1.27 bits per heavy atom. The van der Waals surface area contributed by atoms with E-state index in [-0.39, 0.29) is 5.78 Å². The molecule has 82 valence electrons. The van der Waals surface area contributed by atoms with Gasteiger partial charge in [-0.1, -0.05) is 0 Å². The Bertz CT molecular complexity index is 345. The van der Waals surface area contributed by atoms with Gasteiger partial charge >= 0.3 is 0 Å². The van der Waals surface area contributed by atoms with E-state index in [0.29, 0.717) is 12.8 Å². The molecule has 0 aliphatic heterocycles. The fraction of sp³-hybridized carbons (Fsp3) is 0.417.